The molecule has 8 rings (SSSR count). The monoisotopic (exact) mass is 712 g/mol. The highest BCUT2D eigenvalue weighted by Gasteiger charge is 2.16. The Morgan fingerprint density at radius 2 is 0.750 bits per heavy atom. The zero-order valence-electron chi connectivity index (χ0n) is 29.9. The van der Waals surface area contributed by atoms with Crippen LogP contribution < -0.4 is 0 Å². The standard InChI is InChI=1S/C52H28N2O2/c55-35-47-17-7-15-45(53-47)31-23-39-11-5-9-37(33-39)21-25-43-29-27-41-13-1-3-19-49(41)51(43)52-44(30-28-42-14-2-4-20-50(42)52)26-22-38-10-6-12-40(34-38)24-32-46-16-8-18-48(36-56)54-46/h1-20,27-30,33-36H. The van der Waals surface area contributed by atoms with Crippen LogP contribution in [0, 0.1) is 47.4 Å². The molecule has 0 saturated heterocycles. The van der Waals surface area contributed by atoms with Gasteiger partial charge in [0, 0.05) is 44.5 Å². The SMILES string of the molecule is O=Cc1cccc(C#Cc2cccc(C#Cc3ccc4ccccc4c3-c3c(C#Cc4cccc(C#Cc5cccc(C=O)n5)c4)ccc4ccccc34)c2)n1. The largest absolute Gasteiger partial charge is 0.296 e. The molecule has 8 aromatic rings. The molecule has 0 bridgehead atoms. The summed E-state index contributed by atoms with van der Waals surface area (Å²) in [6, 6.07) is 51.1. The van der Waals surface area contributed by atoms with E-state index in [2.05, 4.69) is 118 Å². The van der Waals surface area contributed by atoms with Gasteiger partial charge < -0.3 is 0 Å². The van der Waals surface area contributed by atoms with Gasteiger partial charge in [-0.2, -0.15) is 0 Å². The van der Waals surface area contributed by atoms with Gasteiger partial charge in [0.15, 0.2) is 12.6 Å². The summed E-state index contributed by atoms with van der Waals surface area (Å²) in [5.41, 5.74) is 8.73. The van der Waals surface area contributed by atoms with Crippen molar-refractivity contribution in [3.05, 3.63) is 214 Å². The van der Waals surface area contributed by atoms with Gasteiger partial charge in [0.1, 0.15) is 22.8 Å². The quantitative estimate of drug-likeness (QED) is 0.135. The molecule has 0 saturated carbocycles. The first-order valence-corrected chi connectivity index (χ1v) is 17.8. The summed E-state index contributed by atoms with van der Waals surface area (Å²) in [6.45, 7) is 0. The number of hydrogen-bond acceptors (Lipinski definition) is 4. The van der Waals surface area contributed by atoms with Gasteiger partial charge in [-0.05, 0) is 106 Å². The maximum atomic E-state index is 11.2. The van der Waals surface area contributed by atoms with Gasteiger partial charge in [0.05, 0.1) is 0 Å². The van der Waals surface area contributed by atoms with Crippen molar-refractivity contribution in [2.45, 2.75) is 0 Å². The van der Waals surface area contributed by atoms with Crippen molar-refractivity contribution in [2.75, 3.05) is 0 Å². The molecule has 0 aliphatic heterocycles. The van der Waals surface area contributed by atoms with Gasteiger partial charge in [-0.3, -0.25) is 9.59 Å². The van der Waals surface area contributed by atoms with E-state index in [0.717, 1.165) is 66.1 Å². The second-order valence-electron chi connectivity index (χ2n) is 12.7. The van der Waals surface area contributed by atoms with Crippen LogP contribution in [0.4, 0.5) is 0 Å². The molecule has 4 nitrogen and oxygen atoms in total. The number of aromatic nitrogens is 2. The molecule has 0 fully saturated rings. The van der Waals surface area contributed by atoms with Crippen LogP contribution in [0.5, 0.6) is 0 Å². The molecule has 0 spiro atoms. The summed E-state index contributed by atoms with van der Waals surface area (Å²) in [4.78, 5) is 30.8. The fourth-order valence-electron chi connectivity index (χ4n) is 6.36. The van der Waals surface area contributed by atoms with E-state index >= 15 is 0 Å². The number of pyridine rings is 2. The molecule has 56 heavy (non-hydrogen) atoms. The third-order valence-corrected chi connectivity index (χ3v) is 8.97. The smallest absolute Gasteiger partial charge is 0.168 e. The number of carbonyl (C=O) groups is 2. The van der Waals surface area contributed by atoms with Crippen LogP contribution in [0.1, 0.15) is 65.7 Å². The molecule has 2 aromatic heterocycles. The van der Waals surface area contributed by atoms with E-state index < -0.39 is 0 Å². The molecular formula is C52H28N2O2. The molecule has 0 N–H and O–H groups in total. The van der Waals surface area contributed by atoms with Crippen LogP contribution in [0.2, 0.25) is 0 Å². The first-order chi connectivity index (χ1) is 27.6. The Hall–Kier alpha value is -8.28. The zero-order valence-corrected chi connectivity index (χ0v) is 29.9. The highest BCUT2D eigenvalue weighted by atomic mass is 16.1. The number of nitrogens with zero attached hydrogens (tertiary/aromatic N) is 2. The minimum absolute atomic E-state index is 0.344. The first-order valence-electron chi connectivity index (χ1n) is 17.8. The molecule has 0 aliphatic carbocycles. The van der Waals surface area contributed by atoms with Gasteiger partial charge in [-0.25, -0.2) is 9.97 Å². The average molecular weight is 713 g/mol. The minimum Gasteiger partial charge on any atom is -0.296 e. The lowest BCUT2D eigenvalue weighted by atomic mass is 9.87. The number of benzene rings is 6. The van der Waals surface area contributed by atoms with E-state index in [-0.39, 0.29) is 0 Å². The summed E-state index contributed by atoms with van der Waals surface area (Å²) in [5.74, 6) is 26.2. The maximum absolute atomic E-state index is 11.2. The molecule has 0 amide bonds. The Bertz CT molecular complexity index is 2900. The highest BCUT2D eigenvalue weighted by Crippen LogP contribution is 2.39. The second-order valence-corrected chi connectivity index (χ2v) is 12.7. The number of carbonyl (C=O) groups excluding carboxylic acids is 2. The topological polar surface area (TPSA) is 59.9 Å². The van der Waals surface area contributed by atoms with E-state index in [1.165, 1.54) is 0 Å². The van der Waals surface area contributed by atoms with Crippen molar-refractivity contribution in [1.82, 2.24) is 9.97 Å². The number of fused-ring (bicyclic) bond motifs is 2. The van der Waals surface area contributed by atoms with E-state index in [0.29, 0.717) is 35.3 Å². The predicted octanol–water partition coefficient (Wildman–Crippen LogP) is 9.67. The molecule has 6 aromatic carbocycles. The van der Waals surface area contributed by atoms with Gasteiger partial charge in [-0.1, -0.05) is 120 Å². The Labute approximate surface area is 324 Å². The summed E-state index contributed by atoms with van der Waals surface area (Å²) < 4.78 is 0. The van der Waals surface area contributed by atoms with Crippen LogP contribution >= 0.6 is 0 Å². The molecule has 258 valence electrons. The van der Waals surface area contributed by atoms with E-state index in [1.807, 2.05) is 60.7 Å². The molecule has 0 aliphatic rings. The van der Waals surface area contributed by atoms with Crippen LogP contribution in [0.15, 0.2) is 158 Å². The van der Waals surface area contributed by atoms with Crippen molar-refractivity contribution in [3.63, 3.8) is 0 Å². The third-order valence-electron chi connectivity index (χ3n) is 8.97. The fraction of sp³-hybridized carbons (Fsp3) is 0. The molecule has 0 atom stereocenters. The molecule has 4 heteroatoms. The molecule has 2 heterocycles. The van der Waals surface area contributed by atoms with Crippen molar-refractivity contribution in [2.24, 2.45) is 0 Å². The van der Waals surface area contributed by atoms with Crippen molar-refractivity contribution in [3.8, 4) is 58.5 Å². The third kappa shape index (κ3) is 7.88. The number of rotatable bonds is 3. The Balaban J connectivity index is 1.22. The van der Waals surface area contributed by atoms with Crippen molar-refractivity contribution < 1.29 is 9.59 Å². The lowest BCUT2D eigenvalue weighted by molar-refractivity contribution is 0.111. The highest BCUT2D eigenvalue weighted by molar-refractivity contribution is 6.09. The van der Waals surface area contributed by atoms with Gasteiger partial charge >= 0.3 is 0 Å². The van der Waals surface area contributed by atoms with Crippen molar-refractivity contribution in [1.29, 1.82) is 0 Å². The lowest BCUT2D eigenvalue weighted by Gasteiger charge is -2.15. The maximum Gasteiger partial charge on any atom is 0.168 e. The van der Waals surface area contributed by atoms with Crippen molar-refractivity contribution >= 4 is 34.1 Å². The summed E-state index contributed by atoms with van der Waals surface area (Å²) in [5, 5.41) is 4.36. The normalized spacial score (nSPS) is 10.1. The van der Waals surface area contributed by atoms with Crippen LogP contribution in [-0.4, -0.2) is 22.5 Å². The average Bonchev–Trinajstić information content (AvgIpc) is 3.26. The Morgan fingerprint density at radius 1 is 0.357 bits per heavy atom. The summed E-state index contributed by atoms with van der Waals surface area (Å²) in [7, 11) is 0. The zero-order chi connectivity index (χ0) is 38.1. The minimum atomic E-state index is 0.344. The van der Waals surface area contributed by atoms with Gasteiger partial charge in [0.25, 0.3) is 0 Å². The van der Waals surface area contributed by atoms with Gasteiger partial charge in [0.2, 0.25) is 0 Å². The van der Waals surface area contributed by atoms with Crippen LogP contribution in [0.3, 0.4) is 0 Å². The number of aldehydes is 2. The van der Waals surface area contributed by atoms with Crippen LogP contribution in [0.25, 0.3) is 32.7 Å². The van der Waals surface area contributed by atoms with Gasteiger partial charge in [-0.15, -0.1) is 0 Å². The summed E-state index contributed by atoms with van der Waals surface area (Å²) in [6.07, 6.45) is 1.43. The predicted molar refractivity (Wildman–Crippen MR) is 223 cm³/mol. The van der Waals surface area contributed by atoms with E-state index in [9.17, 15) is 9.59 Å². The molecular weight excluding hydrogens is 685 g/mol. The Morgan fingerprint density at radius 3 is 1.18 bits per heavy atom. The second kappa shape index (κ2) is 16.2. The van der Waals surface area contributed by atoms with E-state index in [1.54, 1.807) is 36.4 Å². The summed E-state index contributed by atoms with van der Waals surface area (Å²) >= 11 is 0. The van der Waals surface area contributed by atoms with Crippen LogP contribution in [-0.2, 0) is 0 Å². The Kier molecular flexibility index (Phi) is 10.0. The molecule has 0 unspecified atom stereocenters. The lowest BCUT2D eigenvalue weighted by Crippen LogP contribution is -1.93. The number of hydrogen-bond donors (Lipinski definition) is 0. The fourth-order valence-corrected chi connectivity index (χ4v) is 6.36. The first kappa shape index (κ1) is 34.8. The molecule has 0 radical (unpaired) electrons. The van der Waals surface area contributed by atoms with E-state index in [4.69, 9.17) is 0 Å².